The van der Waals surface area contributed by atoms with Gasteiger partial charge in [0.25, 0.3) is 0 Å². The number of carbonyl (C=O) groups excluding carboxylic acids is 2. The summed E-state index contributed by atoms with van der Waals surface area (Å²) < 4.78 is 18.8. The number of nitrogens with zero attached hydrogens (tertiary/aromatic N) is 2. The van der Waals surface area contributed by atoms with Gasteiger partial charge in [-0.25, -0.2) is 4.39 Å². The van der Waals surface area contributed by atoms with Crippen LogP contribution in [0.2, 0.25) is 0 Å². The lowest BCUT2D eigenvalue weighted by molar-refractivity contribution is -0.131. The molecule has 7 heteroatoms. The van der Waals surface area contributed by atoms with Gasteiger partial charge in [-0.05, 0) is 36.6 Å². The van der Waals surface area contributed by atoms with Crippen LogP contribution in [-0.4, -0.2) is 61.4 Å². The lowest BCUT2D eigenvalue weighted by Crippen LogP contribution is -2.40. The topological polar surface area (TPSA) is 61.9 Å². The Hall–Kier alpha value is -2.93. The second kappa shape index (κ2) is 11.5. The molecule has 1 saturated heterocycles. The van der Waals surface area contributed by atoms with Gasteiger partial charge in [0.15, 0.2) is 0 Å². The molecule has 3 rings (SSSR count). The highest BCUT2D eigenvalue weighted by molar-refractivity contribution is 5.78. The summed E-state index contributed by atoms with van der Waals surface area (Å²) in [6.45, 7) is 3.16. The van der Waals surface area contributed by atoms with Crippen molar-refractivity contribution in [1.82, 2.24) is 15.1 Å². The first-order valence-electron chi connectivity index (χ1n) is 10.7. The van der Waals surface area contributed by atoms with Crippen molar-refractivity contribution in [3.05, 3.63) is 65.5 Å². The lowest BCUT2D eigenvalue weighted by Gasteiger charge is -2.22. The van der Waals surface area contributed by atoms with Gasteiger partial charge >= 0.3 is 0 Å². The predicted octanol–water partition coefficient (Wildman–Crippen LogP) is 2.62. The molecule has 1 fully saturated rings. The predicted molar refractivity (Wildman–Crippen MR) is 117 cm³/mol. The minimum Gasteiger partial charge on any atom is -0.497 e. The zero-order valence-electron chi connectivity index (χ0n) is 18.0. The summed E-state index contributed by atoms with van der Waals surface area (Å²) in [6.07, 6.45) is 1.99. The smallest absolute Gasteiger partial charge is 0.234 e. The number of nitrogens with one attached hydrogen (secondary N) is 1. The van der Waals surface area contributed by atoms with Gasteiger partial charge in [0.1, 0.15) is 11.6 Å². The first kappa shape index (κ1) is 22.7. The van der Waals surface area contributed by atoms with Crippen molar-refractivity contribution in [3.8, 4) is 5.75 Å². The molecule has 0 atom stereocenters. The zero-order valence-corrected chi connectivity index (χ0v) is 18.0. The first-order chi connectivity index (χ1) is 15.0. The number of rotatable bonds is 8. The normalized spacial score (nSPS) is 14.7. The van der Waals surface area contributed by atoms with E-state index in [-0.39, 0.29) is 30.7 Å². The first-order valence-corrected chi connectivity index (χ1v) is 10.7. The van der Waals surface area contributed by atoms with E-state index >= 15 is 0 Å². The van der Waals surface area contributed by atoms with Gasteiger partial charge in [0.2, 0.25) is 11.8 Å². The van der Waals surface area contributed by atoms with Crippen molar-refractivity contribution in [2.24, 2.45) is 0 Å². The molecule has 0 radical (unpaired) electrons. The van der Waals surface area contributed by atoms with Gasteiger partial charge in [-0.15, -0.1) is 0 Å². The number of hydrogen-bond acceptors (Lipinski definition) is 4. The number of carbonyl (C=O) groups is 2. The highest BCUT2D eigenvalue weighted by atomic mass is 19.1. The van der Waals surface area contributed by atoms with E-state index in [0.29, 0.717) is 38.0 Å². The van der Waals surface area contributed by atoms with Gasteiger partial charge in [0, 0.05) is 44.7 Å². The Balaban J connectivity index is 1.40. The molecule has 2 aromatic rings. The molecule has 0 unspecified atom stereocenters. The Labute approximate surface area is 183 Å². The number of aryl methyl sites for hydroxylation is 1. The van der Waals surface area contributed by atoms with Gasteiger partial charge in [-0.1, -0.05) is 30.3 Å². The van der Waals surface area contributed by atoms with E-state index in [9.17, 15) is 14.0 Å². The van der Waals surface area contributed by atoms with E-state index in [1.807, 2.05) is 34.1 Å². The molecule has 1 heterocycles. The van der Waals surface area contributed by atoms with Crippen LogP contribution in [0.4, 0.5) is 4.39 Å². The van der Waals surface area contributed by atoms with Crippen LogP contribution in [0.15, 0.2) is 48.5 Å². The van der Waals surface area contributed by atoms with Crippen molar-refractivity contribution < 1.29 is 18.7 Å². The fourth-order valence-corrected chi connectivity index (χ4v) is 3.67. The second-order valence-electron chi connectivity index (χ2n) is 7.73. The Morgan fingerprint density at radius 3 is 2.55 bits per heavy atom. The Morgan fingerprint density at radius 2 is 1.81 bits per heavy atom. The number of hydrogen-bond donors (Lipinski definition) is 1. The Morgan fingerprint density at radius 1 is 1.03 bits per heavy atom. The van der Waals surface area contributed by atoms with Crippen LogP contribution in [0.5, 0.6) is 5.75 Å². The van der Waals surface area contributed by atoms with Crippen molar-refractivity contribution in [3.63, 3.8) is 0 Å². The summed E-state index contributed by atoms with van der Waals surface area (Å²) in [7, 11) is 1.63. The zero-order chi connectivity index (χ0) is 22.1. The summed E-state index contributed by atoms with van der Waals surface area (Å²) in [5, 5.41) is 2.78. The summed E-state index contributed by atoms with van der Waals surface area (Å²) in [5.41, 5.74) is 1.58. The average molecular weight is 428 g/mol. The molecule has 1 aliphatic heterocycles. The molecule has 2 amide bonds. The molecule has 0 bridgehead atoms. The summed E-state index contributed by atoms with van der Waals surface area (Å²) in [5.74, 6) is 0.492. The molecule has 0 aliphatic carbocycles. The summed E-state index contributed by atoms with van der Waals surface area (Å²) in [4.78, 5) is 28.8. The lowest BCUT2D eigenvalue weighted by atomic mass is 10.1. The van der Waals surface area contributed by atoms with Crippen molar-refractivity contribution >= 4 is 11.8 Å². The minimum absolute atomic E-state index is 0.137. The monoisotopic (exact) mass is 427 g/mol. The van der Waals surface area contributed by atoms with Gasteiger partial charge in [0.05, 0.1) is 13.7 Å². The van der Waals surface area contributed by atoms with Gasteiger partial charge < -0.3 is 15.0 Å². The fraction of sp³-hybridized carbons (Fsp3) is 0.417. The maximum atomic E-state index is 13.7. The molecule has 1 N–H and O–H groups in total. The van der Waals surface area contributed by atoms with Crippen LogP contribution in [0.25, 0.3) is 0 Å². The quantitative estimate of drug-likeness (QED) is 0.704. The fourth-order valence-electron chi connectivity index (χ4n) is 3.67. The molecule has 6 nitrogen and oxygen atoms in total. The second-order valence-corrected chi connectivity index (χ2v) is 7.73. The molecule has 0 spiro atoms. The molecule has 2 aromatic carbocycles. The van der Waals surface area contributed by atoms with Gasteiger partial charge in [-0.2, -0.15) is 0 Å². The average Bonchev–Trinajstić information content (AvgIpc) is 3.03. The molecule has 0 aromatic heterocycles. The third kappa shape index (κ3) is 7.07. The van der Waals surface area contributed by atoms with Crippen LogP contribution in [0.1, 0.15) is 24.0 Å². The maximum Gasteiger partial charge on any atom is 0.234 e. The number of ether oxygens (including phenoxy) is 1. The molecule has 166 valence electrons. The van der Waals surface area contributed by atoms with Crippen LogP contribution in [0.3, 0.4) is 0 Å². The standard InChI is InChI=1S/C24H30FN3O3/c1-31-21-10-7-19(8-11-21)9-12-24(30)28-14-4-13-27(15-16-28)18-23(29)26-17-20-5-2-3-6-22(20)25/h2-3,5-8,10-11H,4,9,12-18H2,1H3,(H,26,29). The third-order valence-corrected chi connectivity index (χ3v) is 5.53. The summed E-state index contributed by atoms with van der Waals surface area (Å²) >= 11 is 0. The SMILES string of the molecule is COc1ccc(CCC(=O)N2CCCN(CC(=O)NCc3ccccc3F)CC2)cc1. The highest BCUT2D eigenvalue weighted by Crippen LogP contribution is 2.14. The molecule has 1 aliphatic rings. The molecular formula is C24H30FN3O3. The Bertz CT molecular complexity index is 873. The van der Waals surface area contributed by atoms with Crippen LogP contribution >= 0.6 is 0 Å². The summed E-state index contributed by atoms with van der Waals surface area (Å²) in [6, 6.07) is 14.2. The number of methoxy groups -OCH3 is 1. The van der Waals surface area contributed by atoms with E-state index in [1.54, 1.807) is 25.3 Å². The number of benzene rings is 2. The largest absolute Gasteiger partial charge is 0.497 e. The van der Waals surface area contributed by atoms with E-state index in [2.05, 4.69) is 5.32 Å². The maximum absolute atomic E-state index is 13.7. The van der Waals surface area contributed by atoms with Gasteiger partial charge in [-0.3, -0.25) is 14.5 Å². The van der Waals surface area contributed by atoms with Crippen molar-refractivity contribution in [2.45, 2.75) is 25.8 Å². The van der Waals surface area contributed by atoms with Crippen molar-refractivity contribution in [2.75, 3.05) is 39.8 Å². The van der Waals surface area contributed by atoms with Crippen LogP contribution < -0.4 is 10.1 Å². The highest BCUT2D eigenvalue weighted by Gasteiger charge is 2.20. The molecule has 0 saturated carbocycles. The van der Waals surface area contributed by atoms with E-state index in [0.717, 1.165) is 24.3 Å². The molecule has 31 heavy (non-hydrogen) atoms. The number of halogens is 1. The van der Waals surface area contributed by atoms with Crippen LogP contribution in [0, 0.1) is 5.82 Å². The van der Waals surface area contributed by atoms with E-state index in [4.69, 9.17) is 4.74 Å². The Kier molecular flexibility index (Phi) is 8.41. The molecular weight excluding hydrogens is 397 g/mol. The number of amides is 2. The van der Waals surface area contributed by atoms with E-state index < -0.39 is 0 Å². The van der Waals surface area contributed by atoms with Crippen LogP contribution in [-0.2, 0) is 22.6 Å². The van der Waals surface area contributed by atoms with Crippen molar-refractivity contribution in [1.29, 1.82) is 0 Å². The van der Waals surface area contributed by atoms with E-state index in [1.165, 1.54) is 6.07 Å². The minimum atomic E-state index is -0.318. The third-order valence-electron chi connectivity index (χ3n) is 5.53.